The van der Waals surface area contributed by atoms with E-state index in [0.717, 1.165) is 17.9 Å². The van der Waals surface area contributed by atoms with E-state index in [4.69, 9.17) is 0 Å². The normalized spacial score (nSPS) is 33.8. The summed E-state index contributed by atoms with van der Waals surface area (Å²) >= 11 is 0. The summed E-state index contributed by atoms with van der Waals surface area (Å²) in [7, 11) is 4.55. The van der Waals surface area contributed by atoms with Crippen LogP contribution in [0.4, 0.5) is 0 Å². The van der Waals surface area contributed by atoms with Crippen molar-refractivity contribution in [3.63, 3.8) is 0 Å². The van der Waals surface area contributed by atoms with Crippen LogP contribution in [0.5, 0.6) is 0 Å². The van der Waals surface area contributed by atoms with Crippen LogP contribution in [0.2, 0.25) is 0 Å². The summed E-state index contributed by atoms with van der Waals surface area (Å²) in [5, 5.41) is 3.50. The van der Waals surface area contributed by atoms with Gasteiger partial charge in [-0.2, -0.15) is 0 Å². The zero-order chi connectivity index (χ0) is 11.5. The van der Waals surface area contributed by atoms with Crippen LogP contribution in [0.3, 0.4) is 0 Å². The first-order chi connectivity index (χ1) is 7.66. The van der Waals surface area contributed by atoms with Gasteiger partial charge in [-0.1, -0.05) is 6.92 Å². The summed E-state index contributed by atoms with van der Waals surface area (Å²) in [4.78, 5) is 5.05. The van der Waals surface area contributed by atoms with E-state index < -0.39 is 0 Å². The smallest absolute Gasteiger partial charge is 0.0255 e. The van der Waals surface area contributed by atoms with Crippen molar-refractivity contribution in [2.45, 2.75) is 25.8 Å². The lowest BCUT2D eigenvalue weighted by atomic mass is 9.95. The highest BCUT2D eigenvalue weighted by Crippen LogP contribution is 2.20. The molecule has 3 heteroatoms. The molecule has 0 bridgehead atoms. The van der Waals surface area contributed by atoms with E-state index in [-0.39, 0.29) is 0 Å². The van der Waals surface area contributed by atoms with Crippen molar-refractivity contribution in [1.29, 1.82) is 0 Å². The third kappa shape index (κ3) is 2.96. The van der Waals surface area contributed by atoms with Crippen LogP contribution in [-0.4, -0.2) is 62.7 Å². The van der Waals surface area contributed by atoms with Crippen molar-refractivity contribution in [2.24, 2.45) is 11.8 Å². The van der Waals surface area contributed by atoms with Crippen LogP contribution in [0.25, 0.3) is 0 Å². The van der Waals surface area contributed by atoms with Gasteiger partial charge >= 0.3 is 0 Å². The third-order valence-corrected chi connectivity index (χ3v) is 4.43. The second-order valence-corrected chi connectivity index (χ2v) is 5.89. The quantitative estimate of drug-likeness (QED) is 0.769. The topological polar surface area (TPSA) is 18.5 Å². The molecule has 0 aromatic heterocycles. The molecule has 0 aromatic rings. The molecule has 16 heavy (non-hydrogen) atoms. The first-order valence-corrected chi connectivity index (χ1v) is 6.76. The number of piperidine rings is 1. The molecule has 2 heterocycles. The van der Waals surface area contributed by atoms with E-state index in [0.29, 0.717) is 0 Å². The summed E-state index contributed by atoms with van der Waals surface area (Å²) in [6.45, 7) is 8.63. The predicted octanol–water partition coefficient (Wildman–Crippen LogP) is 0.868. The lowest BCUT2D eigenvalue weighted by molar-refractivity contribution is 0.141. The Labute approximate surface area is 100 Å². The van der Waals surface area contributed by atoms with Gasteiger partial charge in [0.2, 0.25) is 0 Å². The zero-order valence-electron chi connectivity index (χ0n) is 11.1. The Morgan fingerprint density at radius 3 is 2.50 bits per heavy atom. The van der Waals surface area contributed by atoms with Gasteiger partial charge in [0, 0.05) is 19.1 Å². The molecule has 2 aliphatic heterocycles. The van der Waals surface area contributed by atoms with Crippen molar-refractivity contribution in [2.75, 3.05) is 46.8 Å². The maximum Gasteiger partial charge on any atom is 0.0255 e. The van der Waals surface area contributed by atoms with E-state index in [9.17, 15) is 0 Å². The van der Waals surface area contributed by atoms with Gasteiger partial charge in [0.15, 0.2) is 0 Å². The zero-order valence-corrected chi connectivity index (χ0v) is 11.1. The number of rotatable bonds is 3. The maximum absolute atomic E-state index is 3.50. The Morgan fingerprint density at radius 1 is 1.25 bits per heavy atom. The van der Waals surface area contributed by atoms with Gasteiger partial charge < -0.3 is 15.1 Å². The predicted molar refractivity (Wildman–Crippen MR) is 68.7 cm³/mol. The van der Waals surface area contributed by atoms with E-state index in [1.54, 1.807) is 0 Å². The lowest BCUT2D eigenvalue weighted by Crippen LogP contribution is -2.42. The average Bonchev–Trinajstić information content (AvgIpc) is 2.68. The van der Waals surface area contributed by atoms with Gasteiger partial charge in [-0.25, -0.2) is 0 Å². The summed E-state index contributed by atoms with van der Waals surface area (Å²) in [6, 6.07) is 0.764. The maximum atomic E-state index is 3.50. The van der Waals surface area contributed by atoms with Gasteiger partial charge in [-0.15, -0.1) is 0 Å². The summed E-state index contributed by atoms with van der Waals surface area (Å²) in [6.07, 6.45) is 2.77. The van der Waals surface area contributed by atoms with E-state index in [1.165, 1.54) is 45.6 Å². The molecule has 0 aromatic carbocycles. The van der Waals surface area contributed by atoms with Crippen molar-refractivity contribution < 1.29 is 0 Å². The van der Waals surface area contributed by atoms with Crippen LogP contribution in [0.1, 0.15) is 19.8 Å². The molecule has 2 rings (SSSR count). The first kappa shape index (κ1) is 12.3. The molecule has 0 saturated carbocycles. The van der Waals surface area contributed by atoms with Crippen LogP contribution >= 0.6 is 0 Å². The van der Waals surface area contributed by atoms with Crippen LogP contribution in [-0.2, 0) is 0 Å². The Bertz CT molecular complexity index is 211. The van der Waals surface area contributed by atoms with Gasteiger partial charge in [-0.05, 0) is 58.4 Å². The van der Waals surface area contributed by atoms with Crippen molar-refractivity contribution in [3.05, 3.63) is 0 Å². The first-order valence-electron chi connectivity index (χ1n) is 6.76. The molecule has 0 aliphatic carbocycles. The molecule has 2 atom stereocenters. The van der Waals surface area contributed by atoms with Crippen molar-refractivity contribution in [1.82, 2.24) is 15.1 Å². The molecule has 2 aliphatic rings. The van der Waals surface area contributed by atoms with E-state index >= 15 is 0 Å². The Morgan fingerprint density at radius 2 is 1.94 bits per heavy atom. The highest BCUT2D eigenvalue weighted by Gasteiger charge is 2.28. The average molecular weight is 225 g/mol. The molecule has 0 spiro atoms. The molecule has 2 saturated heterocycles. The number of nitrogens with one attached hydrogen (secondary N) is 1. The monoisotopic (exact) mass is 225 g/mol. The number of likely N-dealkylation sites (tertiary alicyclic amines) is 1. The molecule has 3 nitrogen and oxygen atoms in total. The lowest BCUT2D eigenvalue weighted by Gasteiger charge is -2.34. The second-order valence-electron chi connectivity index (χ2n) is 5.89. The number of hydrogen-bond acceptors (Lipinski definition) is 3. The highest BCUT2D eigenvalue weighted by atomic mass is 15.2. The van der Waals surface area contributed by atoms with Crippen LogP contribution in [0.15, 0.2) is 0 Å². The minimum Gasteiger partial charge on any atom is -0.315 e. The minimum atomic E-state index is 0.764. The van der Waals surface area contributed by atoms with Gasteiger partial charge in [0.25, 0.3) is 0 Å². The Hall–Kier alpha value is -0.120. The molecular weight excluding hydrogens is 198 g/mol. The molecule has 0 radical (unpaired) electrons. The molecule has 1 N–H and O–H groups in total. The minimum absolute atomic E-state index is 0.764. The fraction of sp³-hybridized carbons (Fsp3) is 1.00. The molecule has 2 fully saturated rings. The van der Waals surface area contributed by atoms with Crippen LogP contribution in [0, 0.1) is 11.8 Å². The number of likely N-dealkylation sites (N-methyl/N-ethyl adjacent to an activating group) is 1. The third-order valence-electron chi connectivity index (χ3n) is 4.43. The van der Waals surface area contributed by atoms with Crippen molar-refractivity contribution in [3.8, 4) is 0 Å². The number of nitrogens with zero attached hydrogens (tertiary/aromatic N) is 2. The fourth-order valence-electron chi connectivity index (χ4n) is 3.17. The Kier molecular flexibility index (Phi) is 4.22. The van der Waals surface area contributed by atoms with Crippen molar-refractivity contribution >= 4 is 0 Å². The Balaban J connectivity index is 1.76. The molecule has 0 amide bonds. The summed E-state index contributed by atoms with van der Waals surface area (Å²) in [5.74, 6) is 1.74. The van der Waals surface area contributed by atoms with Gasteiger partial charge in [0.1, 0.15) is 0 Å². The molecular formula is C13H27N3. The summed E-state index contributed by atoms with van der Waals surface area (Å²) < 4.78 is 0. The molecule has 2 unspecified atom stereocenters. The standard InChI is InChI=1S/C13H27N3/c1-11-8-14-9-13(11)16(3)10-12-4-6-15(2)7-5-12/h11-14H,4-10H2,1-3H3. The van der Waals surface area contributed by atoms with E-state index in [1.807, 2.05) is 0 Å². The van der Waals surface area contributed by atoms with Gasteiger partial charge in [0.05, 0.1) is 0 Å². The second kappa shape index (κ2) is 5.48. The van der Waals surface area contributed by atoms with Crippen LogP contribution < -0.4 is 5.32 Å². The number of hydrogen-bond donors (Lipinski definition) is 1. The highest BCUT2D eigenvalue weighted by molar-refractivity contribution is 4.86. The van der Waals surface area contributed by atoms with E-state index in [2.05, 4.69) is 36.1 Å². The van der Waals surface area contributed by atoms with Gasteiger partial charge in [-0.3, -0.25) is 0 Å². The summed E-state index contributed by atoms with van der Waals surface area (Å²) in [5.41, 5.74) is 0. The molecule has 94 valence electrons. The largest absolute Gasteiger partial charge is 0.315 e. The fourth-order valence-corrected chi connectivity index (χ4v) is 3.17. The SMILES string of the molecule is CC1CNCC1N(C)CC1CCN(C)CC1.